The van der Waals surface area contributed by atoms with E-state index in [-0.39, 0.29) is 11.5 Å². The first-order valence-electron chi connectivity index (χ1n) is 4.37. The van der Waals surface area contributed by atoms with E-state index in [0.717, 1.165) is 13.0 Å². The van der Waals surface area contributed by atoms with Gasteiger partial charge in [0.15, 0.2) is 0 Å². The van der Waals surface area contributed by atoms with E-state index in [2.05, 4.69) is 12.2 Å². The van der Waals surface area contributed by atoms with Crippen LogP contribution in [0.1, 0.15) is 34.1 Å². The molecule has 11 heavy (non-hydrogen) atoms. The van der Waals surface area contributed by atoms with Crippen LogP contribution in [0.25, 0.3) is 0 Å². The molecule has 0 saturated heterocycles. The Morgan fingerprint density at radius 2 is 1.91 bits per heavy atom. The SMILES string of the molecule is CCCNCC(O)C(C)(C)C. The highest BCUT2D eigenvalue weighted by Gasteiger charge is 2.20. The van der Waals surface area contributed by atoms with E-state index in [1.807, 2.05) is 20.8 Å². The molecule has 0 aromatic carbocycles. The van der Waals surface area contributed by atoms with Crippen LogP contribution in [-0.4, -0.2) is 24.3 Å². The largest absolute Gasteiger partial charge is 0.391 e. The Balaban J connectivity index is 3.44. The van der Waals surface area contributed by atoms with Crippen molar-refractivity contribution in [3.63, 3.8) is 0 Å². The Labute approximate surface area is 70.0 Å². The quantitative estimate of drug-likeness (QED) is 0.608. The zero-order chi connectivity index (χ0) is 8.91. The van der Waals surface area contributed by atoms with E-state index in [9.17, 15) is 5.11 Å². The Morgan fingerprint density at radius 1 is 1.36 bits per heavy atom. The Morgan fingerprint density at radius 3 is 2.27 bits per heavy atom. The fraction of sp³-hybridized carbons (Fsp3) is 1.00. The summed E-state index contributed by atoms with van der Waals surface area (Å²) in [6.07, 6.45) is 0.880. The van der Waals surface area contributed by atoms with Crippen molar-refractivity contribution in [1.29, 1.82) is 0 Å². The first-order valence-corrected chi connectivity index (χ1v) is 4.37. The summed E-state index contributed by atoms with van der Waals surface area (Å²) < 4.78 is 0. The van der Waals surface area contributed by atoms with Crippen LogP contribution < -0.4 is 5.32 Å². The number of aliphatic hydroxyl groups is 1. The minimum Gasteiger partial charge on any atom is -0.391 e. The van der Waals surface area contributed by atoms with Crippen molar-refractivity contribution in [3.05, 3.63) is 0 Å². The molecule has 0 radical (unpaired) electrons. The van der Waals surface area contributed by atoms with Gasteiger partial charge in [0.1, 0.15) is 0 Å². The molecule has 0 aliphatic carbocycles. The Bertz CT molecular complexity index is 96.2. The fourth-order valence-electron chi connectivity index (χ4n) is 0.722. The van der Waals surface area contributed by atoms with E-state index >= 15 is 0 Å². The number of hydrogen-bond donors (Lipinski definition) is 2. The lowest BCUT2D eigenvalue weighted by Crippen LogP contribution is -2.36. The first kappa shape index (κ1) is 10.9. The van der Waals surface area contributed by atoms with Crippen LogP contribution in [0, 0.1) is 5.41 Å². The summed E-state index contributed by atoms with van der Waals surface area (Å²) in [5.74, 6) is 0. The zero-order valence-electron chi connectivity index (χ0n) is 8.15. The lowest BCUT2D eigenvalue weighted by molar-refractivity contribution is 0.0632. The summed E-state index contributed by atoms with van der Waals surface area (Å²) >= 11 is 0. The Hall–Kier alpha value is -0.0800. The fourth-order valence-corrected chi connectivity index (χ4v) is 0.722. The van der Waals surface area contributed by atoms with Crippen LogP contribution in [0.5, 0.6) is 0 Å². The molecule has 0 aliphatic heterocycles. The van der Waals surface area contributed by atoms with Crippen LogP contribution in [0.2, 0.25) is 0 Å². The molecule has 2 heteroatoms. The van der Waals surface area contributed by atoms with Crippen molar-refractivity contribution in [3.8, 4) is 0 Å². The first-order chi connectivity index (χ1) is 4.98. The van der Waals surface area contributed by atoms with Gasteiger partial charge in [0.05, 0.1) is 6.10 Å². The van der Waals surface area contributed by atoms with Gasteiger partial charge in [-0.1, -0.05) is 27.7 Å². The van der Waals surface area contributed by atoms with E-state index in [0.29, 0.717) is 6.54 Å². The van der Waals surface area contributed by atoms with Crippen molar-refractivity contribution < 1.29 is 5.11 Å². The van der Waals surface area contributed by atoms with Crippen LogP contribution in [0.3, 0.4) is 0 Å². The lowest BCUT2D eigenvalue weighted by atomic mass is 9.89. The van der Waals surface area contributed by atoms with E-state index in [1.54, 1.807) is 0 Å². The lowest BCUT2D eigenvalue weighted by Gasteiger charge is -2.25. The molecular formula is C9H21NO. The predicted octanol–water partition coefficient (Wildman–Crippen LogP) is 1.39. The maximum absolute atomic E-state index is 9.55. The van der Waals surface area contributed by atoms with Crippen LogP contribution >= 0.6 is 0 Å². The van der Waals surface area contributed by atoms with Gasteiger partial charge in [0.25, 0.3) is 0 Å². The topological polar surface area (TPSA) is 32.3 Å². The van der Waals surface area contributed by atoms with Crippen LogP contribution in [0.4, 0.5) is 0 Å². The number of nitrogens with one attached hydrogen (secondary N) is 1. The molecule has 0 aromatic heterocycles. The standard InChI is InChI=1S/C9H21NO/c1-5-6-10-7-8(11)9(2,3)4/h8,10-11H,5-7H2,1-4H3. The normalized spacial score (nSPS) is 15.0. The van der Waals surface area contributed by atoms with Crippen molar-refractivity contribution in [2.75, 3.05) is 13.1 Å². The second kappa shape index (κ2) is 4.73. The minimum atomic E-state index is -0.242. The molecule has 2 N–H and O–H groups in total. The van der Waals surface area contributed by atoms with Gasteiger partial charge in [-0.3, -0.25) is 0 Å². The zero-order valence-corrected chi connectivity index (χ0v) is 8.15. The highest BCUT2D eigenvalue weighted by atomic mass is 16.3. The maximum Gasteiger partial charge on any atom is 0.0712 e. The van der Waals surface area contributed by atoms with Gasteiger partial charge in [-0.15, -0.1) is 0 Å². The highest BCUT2D eigenvalue weighted by Crippen LogP contribution is 2.17. The average molecular weight is 159 g/mol. The molecule has 0 rings (SSSR count). The van der Waals surface area contributed by atoms with Gasteiger partial charge in [-0.2, -0.15) is 0 Å². The van der Waals surface area contributed by atoms with Crippen LogP contribution in [0.15, 0.2) is 0 Å². The molecule has 0 aromatic rings. The predicted molar refractivity (Wildman–Crippen MR) is 48.6 cm³/mol. The molecule has 0 heterocycles. The van der Waals surface area contributed by atoms with Gasteiger partial charge >= 0.3 is 0 Å². The molecule has 68 valence electrons. The van der Waals surface area contributed by atoms with Crippen LogP contribution in [-0.2, 0) is 0 Å². The molecule has 2 nitrogen and oxygen atoms in total. The third-order valence-corrected chi connectivity index (χ3v) is 1.76. The summed E-state index contributed by atoms with van der Waals surface area (Å²) in [5, 5.41) is 12.7. The van der Waals surface area contributed by atoms with Gasteiger partial charge < -0.3 is 10.4 Å². The van der Waals surface area contributed by atoms with Crippen molar-refractivity contribution in [2.24, 2.45) is 5.41 Å². The second-order valence-corrected chi connectivity index (χ2v) is 4.09. The molecule has 0 saturated carbocycles. The summed E-state index contributed by atoms with van der Waals surface area (Å²) in [4.78, 5) is 0. The summed E-state index contributed by atoms with van der Waals surface area (Å²) in [6.45, 7) is 9.96. The molecule has 0 spiro atoms. The number of aliphatic hydroxyl groups excluding tert-OH is 1. The van der Waals surface area contributed by atoms with Gasteiger partial charge in [0.2, 0.25) is 0 Å². The molecular weight excluding hydrogens is 138 g/mol. The van der Waals surface area contributed by atoms with E-state index in [4.69, 9.17) is 0 Å². The molecule has 0 aliphatic rings. The maximum atomic E-state index is 9.55. The summed E-state index contributed by atoms with van der Waals surface area (Å²) in [6, 6.07) is 0. The monoisotopic (exact) mass is 159 g/mol. The summed E-state index contributed by atoms with van der Waals surface area (Å²) in [5.41, 5.74) is 0.000736. The number of hydrogen-bond acceptors (Lipinski definition) is 2. The van der Waals surface area contributed by atoms with E-state index < -0.39 is 0 Å². The van der Waals surface area contributed by atoms with E-state index in [1.165, 1.54) is 0 Å². The summed E-state index contributed by atoms with van der Waals surface area (Å²) in [7, 11) is 0. The van der Waals surface area contributed by atoms with Crippen molar-refractivity contribution in [1.82, 2.24) is 5.32 Å². The van der Waals surface area contributed by atoms with Gasteiger partial charge in [-0.05, 0) is 18.4 Å². The third-order valence-electron chi connectivity index (χ3n) is 1.76. The highest BCUT2D eigenvalue weighted by molar-refractivity contribution is 4.74. The minimum absolute atomic E-state index is 0.000736. The molecule has 1 unspecified atom stereocenters. The Kier molecular flexibility index (Phi) is 4.69. The molecule has 0 fully saturated rings. The third kappa shape index (κ3) is 5.22. The molecule has 0 amide bonds. The molecule has 0 bridgehead atoms. The second-order valence-electron chi connectivity index (χ2n) is 4.09. The molecule has 1 atom stereocenters. The average Bonchev–Trinajstić information content (AvgIpc) is 1.86. The van der Waals surface area contributed by atoms with Gasteiger partial charge in [-0.25, -0.2) is 0 Å². The van der Waals surface area contributed by atoms with Crippen molar-refractivity contribution >= 4 is 0 Å². The number of rotatable bonds is 4. The smallest absolute Gasteiger partial charge is 0.0712 e. The van der Waals surface area contributed by atoms with Gasteiger partial charge in [0, 0.05) is 6.54 Å². The van der Waals surface area contributed by atoms with Crippen molar-refractivity contribution in [2.45, 2.75) is 40.2 Å².